The molecule has 0 heterocycles. The summed E-state index contributed by atoms with van der Waals surface area (Å²) in [6.45, 7) is 0. The topological polar surface area (TPSA) is 60.2 Å². The Hall–Kier alpha value is -2.92. The van der Waals surface area contributed by atoms with E-state index in [9.17, 15) is 4.79 Å². The number of halogens is 1. The molecule has 0 amide bonds. The molecule has 0 aliphatic carbocycles. The maximum absolute atomic E-state index is 11.2. The average Bonchev–Trinajstić information content (AvgIpc) is 2.64. The molecule has 0 bridgehead atoms. The number of hydrogen-bond acceptors (Lipinski definition) is 5. The van der Waals surface area contributed by atoms with Crippen LogP contribution in [0.5, 0.6) is 5.75 Å². The zero-order chi connectivity index (χ0) is 18.1. The van der Waals surface area contributed by atoms with Crippen LogP contribution in [0.2, 0.25) is 5.02 Å². The maximum atomic E-state index is 11.2. The monoisotopic (exact) mass is 356 g/mol. The van der Waals surface area contributed by atoms with Gasteiger partial charge in [-0.1, -0.05) is 29.8 Å². The van der Waals surface area contributed by atoms with Crippen LogP contribution in [0.1, 0.15) is 5.56 Å². The van der Waals surface area contributed by atoms with Crippen LogP contribution >= 0.6 is 11.6 Å². The number of ether oxygens (including phenoxy) is 2. The van der Waals surface area contributed by atoms with Gasteiger partial charge in [0, 0.05) is 29.1 Å². The lowest BCUT2D eigenvalue weighted by molar-refractivity contribution is -0.134. The van der Waals surface area contributed by atoms with E-state index >= 15 is 0 Å². The number of carbonyl (C=O) groups is 1. The second-order valence-corrected chi connectivity index (χ2v) is 5.22. The van der Waals surface area contributed by atoms with Gasteiger partial charge in [-0.05, 0) is 30.3 Å². The van der Waals surface area contributed by atoms with E-state index in [1.54, 1.807) is 43.8 Å². The van der Waals surface area contributed by atoms with Gasteiger partial charge < -0.3 is 9.47 Å². The fraction of sp³-hybridized carbons (Fsp3) is 0.105. The minimum absolute atomic E-state index is 0.423. The third-order valence-corrected chi connectivity index (χ3v) is 3.41. The summed E-state index contributed by atoms with van der Waals surface area (Å²) in [5.41, 5.74) is 2.10. The second kappa shape index (κ2) is 9.39. The smallest absolute Gasteiger partial charge is 0.330 e. The predicted octanol–water partition coefficient (Wildman–Crippen LogP) is 4.64. The molecule has 6 heteroatoms. The molecule has 2 rings (SSSR count). The Morgan fingerprint density at radius 1 is 1.04 bits per heavy atom. The summed E-state index contributed by atoms with van der Waals surface area (Å²) in [6, 6.07) is 12.6. The molecule has 0 saturated heterocycles. The van der Waals surface area contributed by atoms with E-state index in [2.05, 4.69) is 14.7 Å². The predicted molar refractivity (Wildman–Crippen MR) is 102 cm³/mol. The summed E-state index contributed by atoms with van der Waals surface area (Å²) in [6.07, 6.45) is 6.11. The first-order valence-corrected chi connectivity index (χ1v) is 7.77. The zero-order valence-electron chi connectivity index (χ0n) is 13.8. The van der Waals surface area contributed by atoms with Crippen LogP contribution in [-0.2, 0) is 9.53 Å². The van der Waals surface area contributed by atoms with Crippen LogP contribution in [-0.4, -0.2) is 32.6 Å². The average molecular weight is 357 g/mol. The third kappa shape index (κ3) is 5.58. The number of methoxy groups -OCH3 is 2. The lowest BCUT2D eigenvalue weighted by atomic mass is 10.1. The summed E-state index contributed by atoms with van der Waals surface area (Å²) < 4.78 is 9.81. The van der Waals surface area contributed by atoms with E-state index in [0.29, 0.717) is 22.1 Å². The summed E-state index contributed by atoms with van der Waals surface area (Å²) >= 11 is 5.97. The van der Waals surface area contributed by atoms with Crippen molar-refractivity contribution in [3.05, 3.63) is 59.1 Å². The Labute approximate surface area is 151 Å². The van der Waals surface area contributed by atoms with Crippen LogP contribution in [0.3, 0.4) is 0 Å². The van der Waals surface area contributed by atoms with Gasteiger partial charge in [0.25, 0.3) is 0 Å². The lowest BCUT2D eigenvalue weighted by Crippen LogP contribution is -1.93. The molecule has 0 atom stereocenters. The number of para-hydroxylation sites is 1. The minimum atomic E-state index is -0.423. The van der Waals surface area contributed by atoms with Crippen molar-refractivity contribution >= 4 is 47.5 Å². The van der Waals surface area contributed by atoms with Gasteiger partial charge in [-0.15, -0.1) is 0 Å². The normalized spacial score (nSPS) is 11.5. The highest BCUT2D eigenvalue weighted by molar-refractivity contribution is 6.31. The molecule has 0 saturated carbocycles. The summed E-state index contributed by atoms with van der Waals surface area (Å²) in [7, 11) is 2.90. The molecule has 25 heavy (non-hydrogen) atoms. The van der Waals surface area contributed by atoms with E-state index < -0.39 is 5.97 Å². The highest BCUT2D eigenvalue weighted by atomic mass is 35.5. The zero-order valence-corrected chi connectivity index (χ0v) is 14.6. The molecule has 2 aromatic rings. The molecule has 0 fully saturated rings. The third-order valence-electron chi connectivity index (χ3n) is 3.17. The van der Waals surface area contributed by atoms with E-state index in [4.69, 9.17) is 16.3 Å². The van der Waals surface area contributed by atoms with Gasteiger partial charge in [0.2, 0.25) is 0 Å². The van der Waals surface area contributed by atoms with Crippen molar-refractivity contribution in [2.75, 3.05) is 14.2 Å². The highest BCUT2D eigenvalue weighted by Gasteiger charge is 2.01. The van der Waals surface area contributed by atoms with Gasteiger partial charge in [-0.2, -0.15) is 0 Å². The first-order chi connectivity index (χ1) is 12.1. The number of aliphatic imine (C=N–C) groups is 2. The molecular formula is C19H17ClN2O3. The molecule has 0 radical (unpaired) electrons. The Bertz CT molecular complexity index is 829. The van der Waals surface area contributed by atoms with Gasteiger partial charge in [0.05, 0.1) is 19.9 Å². The van der Waals surface area contributed by atoms with Crippen molar-refractivity contribution in [3.63, 3.8) is 0 Å². The van der Waals surface area contributed by atoms with Gasteiger partial charge in [-0.3, -0.25) is 9.98 Å². The van der Waals surface area contributed by atoms with Crippen LogP contribution in [0, 0.1) is 0 Å². The molecule has 0 N–H and O–H groups in total. The van der Waals surface area contributed by atoms with Crippen LogP contribution < -0.4 is 4.74 Å². The van der Waals surface area contributed by atoms with Crippen LogP contribution in [0.15, 0.2) is 58.5 Å². The summed E-state index contributed by atoms with van der Waals surface area (Å²) in [4.78, 5) is 19.9. The molecular weight excluding hydrogens is 340 g/mol. The Morgan fingerprint density at radius 2 is 1.76 bits per heavy atom. The first-order valence-electron chi connectivity index (χ1n) is 7.39. The minimum Gasteiger partial charge on any atom is -0.494 e. The molecule has 0 aliphatic heterocycles. The van der Waals surface area contributed by atoms with Crippen LogP contribution in [0.4, 0.5) is 11.4 Å². The van der Waals surface area contributed by atoms with Crippen molar-refractivity contribution < 1.29 is 14.3 Å². The Kier molecular flexibility index (Phi) is 6.92. The number of benzene rings is 2. The highest BCUT2D eigenvalue weighted by Crippen LogP contribution is 2.29. The first kappa shape index (κ1) is 18.4. The number of rotatable bonds is 6. The van der Waals surface area contributed by atoms with Crippen molar-refractivity contribution in [1.82, 2.24) is 0 Å². The van der Waals surface area contributed by atoms with Crippen molar-refractivity contribution in [3.8, 4) is 5.75 Å². The van der Waals surface area contributed by atoms with E-state index in [0.717, 1.165) is 5.56 Å². The molecule has 5 nitrogen and oxygen atoms in total. The van der Waals surface area contributed by atoms with Gasteiger partial charge >= 0.3 is 5.97 Å². The number of esters is 1. The van der Waals surface area contributed by atoms with Gasteiger partial charge in [-0.25, -0.2) is 4.79 Å². The van der Waals surface area contributed by atoms with E-state index in [-0.39, 0.29) is 0 Å². The quantitative estimate of drug-likeness (QED) is 0.430. The van der Waals surface area contributed by atoms with Crippen molar-refractivity contribution in [1.29, 1.82) is 0 Å². The molecule has 128 valence electrons. The summed E-state index contributed by atoms with van der Waals surface area (Å²) in [5.74, 6) is 0.198. The Balaban J connectivity index is 2.16. The number of carbonyl (C=O) groups excluding carboxylic acids is 1. The standard InChI is InChI=1S/C19H17ClN2O3/c1-24-18-9-8-15(20)13-17(18)22-12-11-21-16-6-4-3-5-14(16)7-10-19(23)25-2/h3-13H,1-2H3/b10-7+,21-11?,22-12?. The maximum Gasteiger partial charge on any atom is 0.330 e. The van der Waals surface area contributed by atoms with Gasteiger partial charge in [0.1, 0.15) is 11.4 Å². The fourth-order valence-corrected chi connectivity index (χ4v) is 2.13. The fourth-order valence-electron chi connectivity index (χ4n) is 1.96. The molecule has 2 aromatic carbocycles. The molecule has 0 aliphatic rings. The number of hydrogen-bond donors (Lipinski definition) is 0. The van der Waals surface area contributed by atoms with Crippen molar-refractivity contribution in [2.45, 2.75) is 0 Å². The Morgan fingerprint density at radius 3 is 2.48 bits per heavy atom. The number of nitrogens with zero attached hydrogens (tertiary/aromatic N) is 2. The van der Waals surface area contributed by atoms with E-state index in [1.807, 2.05) is 24.3 Å². The second-order valence-electron chi connectivity index (χ2n) is 4.79. The lowest BCUT2D eigenvalue weighted by Gasteiger charge is -2.03. The van der Waals surface area contributed by atoms with Crippen LogP contribution in [0.25, 0.3) is 6.08 Å². The SMILES string of the molecule is COC(=O)/C=C/c1ccccc1N=CC=Nc1cc(Cl)ccc1OC. The molecule has 0 aromatic heterocycles. The molecule has 0 spiro atoms. The van der Waals surface area contributed by atoms with Gasteiger partial charge in [0.15, 0.2) is 0 Å². The van der Waals surface area contributed by atoms with E-state index in [1.165, 1.54) is 13.2 Å². The molecule has 0 unspecified atom stereocenters. The largest absolute Gasteiger partial charge is 0.494 e. The summed E-state index contributed by atoms with van der Waals surface area (Å²) in [5, 5.41) is 0.572. The van der Waals surface area contributed by atoms with Crippen molar-refractivity contribution in [2.24, 2.45) is 9.98 Å².